The zero-order chi connectivity index (χ0) is 25.9. The number of benzene rings is 1. The number of nitrogens with two attached hydrogens (primary N) is 1. The summed E-state index contributed by atoms with van der Waals surface area (Å²) in [5.41, 5.74) is 5.04. The van der Waals surface area contributed by atoms with Crippen LogP contribution in [-0.2, 0) is 19.1 Å². The number of aromatic nitrogens is 1. The van der Waals surface area contributed by atoms with E-state index in [2.05, 4.69) is 9.72 Å². The van der Waals surface area contributed by atoms with Gasteiger partial charge in [-0.15, -0.1) is 0 Å². The van der Waals surface area contributed by atoms with Crippen molar-refractivity contribution >= 4 is 17.8 Å². The molecule has 1 amide bonds. The molecule has 10 heteroatoms. The molecule has 0 aliphatic rings. The Labute approximate surface area is 200 Å². The first-order valence-corrected chi connectivity index (χ1v) is 10.7. The van der Waals surface area contributed by atoms with Crippen molar-refractivity contribution < 1.29 is 38.4 Å². The molecule has 188 valence electrons. The second-order valence-electron chi connectivity index (χ2n) is 6.57. The predicted octanol–water partition coefficient (Wildman–Crippen LogP) is 3.61. The molecule has 0 radical (unpaired) electrons. The molecule has 3 N–H and O–H groups in total. The number of primary amides is 1. The third-order valence-electron chi connectivity index (χ3n) is 4.04. The van der Waals surface area contributed by atoms with Crippen molar-refractivity contribution in [3.8, 4) is 17.2 Å². The first-order chi connectivity index (χ1) is 16.2. The fraction of sp³-hybridized carbons (Fsp3) is 0.417. The van der Waals surface area contributed by atoms with Gasteiger partial charge in [-0.3, -0.25) is 14.4 Å². The molecule has 1 aromatic heterocycles. The number of pyridine rings is 1. The van der Waals surface area contributed by atoms with Crippen LogP contribution >= 0.6 is 0 Å². The largest absolute Gasteiger partial charge is 0.508 e. The maximum absolute atomic E-state index is 11.1. The maximum atomic E-state index is 11.1. The lowest BCUT2D eigenvalue weighted by molar-refractivity contribution is -0.149. The van der Waals surface area contributed by atoms with Gasteiger partial charge in [0.2, 0.25) is 6.79 Å². The summed E-state index contributed by atoms with van der Waals surface area (Å²) in [4.78, 5) is 36.2. The standard InChI is InChI=1S/C10H12N2O5.C8H16O2.C6H6O/c1-6(13)16-5-17-9-7(15-2)3-4-12-8(9)10(11)14;1-4-7(5-2)10-8(9)6-3;7-6-4-2-1-3-5-6/h3-4H,5H2,1-2H3,(H2,11,14);7H,4-6H2,1-3H3;1-5,7H. The minimum absolute atomic E-state index is 0.0451. The average molecular weight is 479 g/mol. The normalized spacial score (nSPS) is 9.47. The summed E-state index contributed by atoms with van der Waals surface area (Å²) in [6, 6.07) is 10.2. The molecule has 0 saturated heterocycles. The van der Waals surface area contributed by atoms with Gasteiger partial charge in [0.05, 0.1) is 7.11 Å². The van der Waals surface area contributed by atoms with E-state index in [4.69, 9.17) is 25.1 Å². The number of phenols is 1. The Kier molecular flexibility index (Phi) is 15.7. The zero-order valence-corrected chi connectivity index (χ0v) is 20.3. The van der Waals surface area contributed by atoms with E-state index in [0.29, 0.717) is 12.2 Å². The number of nitrogens with zero attached hydrogens (tertiary/aromatic N) is 1. The second-order valence-corrected chi connectivity index (χ2v) is 6.57. The highest BCUT2D eigenvalue weighted by Gasteiger charge is 2.16. The van der Waals surface area contributed by atoms with Gasteiger partial charge < -0.3 is 29.8 Å². The number of methoxy groups -OCH3 is 1. The molecule has 0 aliphatic heterocycles. The molecule has 0 saturated carbocycles. The minimum Gasteiger partial charge on any atom is -0.508 e. The first-order valence-electron chi connectivity index (χ1n) is 10.7. The topological polar surface area (TPSA) is 147 Å². The minimum atomic E-state index is -0.762. The van der Waals surface area contributed by atoms with E-state index in [-0.39, 0.29) is 36.1 Å². The number of esters is 2. The van der Waals surface area contributed by atoms with Gasteiger partial charge in [-0.25, -0.2) is 4.98 Å². The van der Waals surface area contributed by atoms with Crippen molar-refractivity contribution in [1.82, 2.24) is 4.98 Å². The summed E-state index contributed by atoms with van der Waals surface area (Å²) in [6.45, 7) is 6.75. The van der Waals surface area contributed by atoms with E-state index in [0.717, 1.165) is 12.8 Å². The van der Waals surface area contributed by atoms with Gasteiger partial charge in [0, 0.05) is 25.6 Å². The molecule has 10 nitrogen and oxygen atoms in total. The highest BCUT2D eigenvalue weighted by molar-refractivity contribution is 5.94. The molecule has 0 bridgehead atoms. The lowest BCUT2D eigenvalue weighted by atomic mass is 10.2. The van der Waals surface area contributed by atoms with Gasteiger partial charge >= 0.3 is 11.9 Å². The third kappa shape index (κ3) is 12.9. The van der Waals surface area contributed by atoms with Gasteiger partial charge in [0.25, 0.3) is 5.91 Å². The van der Waals surface area contributed by atoms with E-state index in [1.807, 2.05) is 26.8 Å². The van der Waals surface area contributed by atoms with Crippen molar-refractivity contribution in [2.45, 2.75) is 53.1 Å². The molecule has 0 spiro atoms. The number of aromatic hydroxyl groups is 1. The number of hydrogen-bond donors (Lipinski definition) is 2. The highest BCUT2D eigenvalue weighted by atomic mass is 16.7. The zero-order valence-electron chi connectivity index (χ0n) is 20.3. The lowest BCUT2D eigenvalue weighted by Crippen LogP contribution is -2.17. The van der Waals surface area contributed by atoms with Crippen molar-refractivity contribution in [3.05, 3.63) is 48.3 Å². The molecular formula is C24H34N2O8. The van der Waals surface area contributed by atoms with Gasteiger partial charge in [0.1, 0.15) is 11.9 Å². The lowest BCUT2D eigenvalue weighted by Gasteiger charge is -2.12. The number of carbonyl (C=O) groups is 3. The summed E-state index contributed by atoms with van der Waals surface area (Å²) in [5.74, 6) is -0.712. The van der Waals surface area contributed by atoms with Crippen LogP contribution in [0.5, 0.6) is 17.2 Å². The SMILES string of the molecule is CCC(=O)OC(CC)CC.COc1ccnc(C(N)=O)c1OCOC(C)=O.Oc1ccccc1. The van der Waals surface area contributed by atoms with Crippen LogP contribution in [0.3, 0.4) is 0 Å². The van der Waals surface area contributed by atoms with Crippen molar-refractivity contribution in [3.63, 3.8) is 0 Å². The summed E-state index contributed by atoms with van der Waals surface area (Å²) in [7, 11) is 1.40. The Morgan fingerprint density at radius 2 is 1.68 bits per heavy atom. The summed E-state index contributed by atoms with van der Waals surface area (Å²) >= 11 is 0. The van der Waals surface area contributed by atoms with Crippen LogP contribution in [0, 0.1) is 0 Å². The van der Waals surface area contributed by atoms with E-state index in [9.17, 15) is 14.4 Å². The monoisotopic (exact) mass is 478 g/mol. The van der Waals surface area contributed by atoms with Crippen LogP contribution in [0.1, 0.15) is 57.4 Å². The quantitative estimate of drug-likeness (QED) is 0.407. The fourth-order valence-electron chi connectivity index (χ4n) is 2.23. The molecule has 2 rings (SSSR count). The van der Waals surface area contributed by atoms with E-state index < -0.39 is 11.9 Å². The molecule has 0 aliphatic carbocycles. The van der Waals surface area contributed by atoms with Crippen molar-refractivity contribution in [2.24, 2.45) is 5.73 Å². The van der Waals surface area contributed by atoms with E-state index in [1.54, 1.807) is 24.3 Å². The molecule has 0 unspecified atom stereocenters. The highest BCUT2D eigenvalue weighted by Crippen LogP contribution is 2.29. The number of ether oxygens (including phenoxy) is 4. The number of rotatable bonds is 9. The third-order valence-corrected chi connectivity index (χ3v) is 4.04. The second kappa shape index (κ2) is 17.7. The summed E-state index contributed by atoms with van der Waals surface area (Å²) in [6.07, 6.45) is 3.81. The van der Waals surface area contributed by atoms with Crippen LogP contribution in [-0.4, -0.2) is 47.9 Å². The molecule has 34 heavy (non-hydrogen) atoms. The number of amides is 1. The van der Waals surface area contributed by atoms with Gasteiger partial charge in [-0.05, 0) is 25.0 Å². The van der Waals surface area contributed by atoms with Crippen LogP contribution in [0.4, 0.5) is 0 Å². The van der Waals surface area contributed by atoms with Gasteiger partial charge in [-0.2, -0.15) is 0 Å². The van der Waals surface area contributed by atoms with E-state index >= 15 is 0 Å². The first kappa shape index (κ1) is 30.2. The van der Waals surface area contributed by atoms with E-state index in [1.165, 1.54) is 26.3 Å². The van der Waals surface area contributed by atoms with Gasteiger partial charge in [0.15, 0.2) is 17.2 Å². The van der Waals surface area contributed by atoms with Crippen LogP contribution in [0.15, 0.2) is 42.6 Å². The predicted molar refractivity (Wildman–Crippen MR) is 125 cm³/mol. The summed E-state index contributed by atoms with van der Waals surface area (Å²) in [5, 5.41) is 8.63. The molecule has 1 heterocycles. The van der Waals surface area contributed by atoms with Crippen molar-refractivity contribution in [1.29, 1.82) is 0 Å². The number of para-hydroxylation sites is 1. The Bertz CT molecular complexity index is 871. The Morgan fingerprint density at radius 3 is 2.09 bits per heavy atom. The van der Waals surface area contributed by atoms with Gasteiger partial charge in [-0.1, -0.05) is 39.0 Å². The summed E-state index contributed by atoms with van der Waals surface area (Å²) < 4.78 is 19.7. The Balaban J connectivity index is 0.000000539. The molecule has 0 fully saturated rings. The smallest absolute Gasteiger partial charge is 0.305 e. The van der Waals surface area contributed by atoms with Crippen LogP contribution in [0.2, 0.25) is 0 Å². The molecule has 1 aromatic carbocycles. The number of hydrogen-bond acceptors (Lipinski definition) is 9. The maximum Gasteiger partial charge on any atom is 0.305 e. The fourth-order valence-corrected chi connectivity index (χ4v) is 2.23. The van der Waals surface area contributed by atoms with Crippen LogP contribution in [0.25, 0.3) is 0 Å². The molecule has 0 atom stereocenters. The Morgan fingerprint density at radius 1 is 1.06 bits per heavy atom. The molecular weight excluding hydrogens is 444 g/mol. The Hall–Kier alpha value is -3.82. The number of phenolic OH excluding ortho intramolecular Hbond substituents is 1. The number of carbonyl (C=O) groups excluding carboxylic acids is 3. The average Bonchev–Trinajstić information content (AvgIpc) is 2.83. The van der Waals surface area contributed by atoms with Crippen LogP contribution < -0.4 is 15.2 Å². The molecule has 2 aromatic rings. The van der Waals surface area contributed by atoms with Crippen molar-refractivity contribution in [2.75, 3.05) is 13.9 Å².